The molecular weight excluding hydrogens is 387 g/mol. The van der Waals surface area contributed by atoms with Gasteiger partial charge in [0.05, 0.1) is 12.7 Å². The maximum Gasteiger partial charge on any atom is 0.254 e. The Kier molecular flexibility index (Phi) is 6.40. The third-order valence-corrected chi connectivity index (χ3v) is 4.53. The first-order valence-electron chi connectivity index (χ1n) is 9.25. The van der Waals surface area contributed by atoms with Crippen molar-refractivity contribution >= 4 is 17.7 Å². The van der Waals surface area contributed by atoms with Gasteiger partial charge in [-0.1, -0.05) is 0 Å². The molecule has 29 heavy (non-hydrogen) atoms. The number of carbonyl (C=O) groups is 1. The lowest BCUT2D eigenvalue weighted by atomic mass is 10.1. The lowest BCUT2D eigenvalue weighted by Crippen LogP contribution is -2.30. The van der Waals surface area contributed by atoms with E-state index < -0.39 is 34.7 Å². The number of nitrogens with zero attached hydrogens (tertiary/aromatic N) is 3. The molecule has 0 spiro atoms. The van der Waals surface area contributed by atoms with Gasteiger partial charge in [-0.3, -0.25) is 4.79 Å². The Morgan fingerprint density at radius 1 is 1.14 bits per heavy atom. The number of benzene rings is 1. The van der Waals surface area contributed by atoms with Crippen LogP contribution in [-0.2, 0) is 0 Å². The summed E-state index contributed by atoms with van der Waals surface area (Å²) in [5.41, 5.74) is 0.174. The van der Waals surface area contributed by atoms with E-state index in [0.717, 1.165) is 44.6 Å². The number of hydrogen-bond acceptors (Lipinski definition) is 6. The molecule has 10 heteroatoms. The van der Waals surface area contributed by atoms with Crippen LogP contribution in [0.2, 0.25) is 0 Å². The first-order chi connectivity index (χ1) is 13.9. The summed E-state index contributed by atoms with van der Waals surface area (Å²) in [6.45, 7) is 4.13. The van der Waals surface area contributed by atoms with Gasteiger partial charge in [0.1, 0.15) is 5.82 Å². The van der Waals surface area contributed by atoms with Crippen LogP contribution < -0.4 is 20.3 Å². The molecule has 1 amide bonds. The Hall–Kier alpha value is -3.04. The molecule has 1 aliphatic heterocycles. The van der Waals surface area contributed by atoms with Crippen molar-refractivity contribution < 1.29 is 22.7 Å². The van der Waals surface area contributed by atoms with E-state index in [4.69, 9.17) is 0 Å². The van der Waals surface area contributed by atoms with Crippen LogP contribution in [0.1, 0.15) is 28.9 Å². The molecule has 156 valence electrons. The second-order valence-electron chi connectivity index (χ2n) is 6.64. The number of aryl methyl sites for hydroxylation is 1. The molecule has 1 fully saturated rings. The van der Waals surface area contributed by atoms with Crippen molar-refractivity contribution in [2.24, 2.45) is 0 Å². The lowest BCUT2D eigenvalue weighted by molar-refractivity contribution is 0.0949. The Morgan fingerprint density at radius 3 is 2.55 bits per heavy atom. The van der Waals surface area contributed by atoms with Gasteiger partial charge in [-0.2, -0.15) is 9.37 Å². The van der Waals surface area contributed by atoms with E-state index in [1.807, 2.05) is 13.0 Å². The summed E-state index contributed by atoms with van der Waals surface area (Å²) >= 11 is 0. The zero-order valence-electron chi connectivity index (χ0n) is 16.2. The molecule has 1 saturated heterocycles. The van der Waals surface area contributed by atoms with Gasteiger partial charge in [-0.25, -0.2) is 13.8 Å². The summed E-state index contributed by atoms with van der Waals surface area (Å²) in [6.07, 6.45) is 2.26. The number of anilines is 2. The first-order valence-corrected chi connectivity index (χ1v) is 9.25. The second-order valence-corrected chi connectivity index (χ2v) is 6.64. The molecule has 1 aromatic carbocycles. The van der Waals surface area contributed by atoms with Crippen molar-refractivity contribution in [1.82, 2.24) is 15.3 Å². The van der Waals surface area contributed by atoms with Gasteiger partial charge >= 0.3 is 0 Å². The van der Waals surface area contributed by atoms with Crippen molar-refractivity contribution in [3.8, 4) is 5.75 Å². The molecule has 0 aliphatic carbocycles. The van der Waals surface area contributed by atoms with Crippen LogP contribution >= 0.6 is 0 Å². The van der Waals surface area contributed by atoms with Crippen LogP contribution in [0, 0.1) is 24.4 Å². The number of ether oxygens (including phenoxy) is 1. The number of methoxy groups -OCH3 is 1. The van der Waals surface area contributed by atoms with Crippen LogP contribution in [-0.4, -0.2) is 49.2 Å². The number of carbonyl (C=O) groups excluding carboxylic acids is 1. The number of nitrogens with one attached hydrogen (secondary N) is 2. The lowest BCUT2D eigenvalue weighted by Gasteiger charge is -2.17. The van der Waals surface area contributed by atoms with E-state index in [0.29, 0.717) is 12.0 Å². The third-order valence-electron chi connectivity index (χ3n) is 4.53. The van der Waals surface area contributed by atoms with E-state index in [1.54, 1.807) is 0 Å². The van der Waals surface area contributed by atoms with Crippen molar-refractivity contribution in [1.29, 1.82) is 0 Å². The molecule has 0 saturated carbocycles. The smallest absolute Gasteiger partial charge is 0.254 e. The predicted octanol–water partition coefficient (Wildman–Crippen LogP) is 2.65. The van der Waals surface area contributed by atoms with Crippen LogP contribution in [0.15, 0.2) is 12.1 Å². The highest BCUT2D eigenvalue weighted by Crippen LogP contribution is 2.27. The van der Waals surface area contributed by atoms with Gasteiger partial charge < -0.3 is 20.3 Å². The highest BCUT2D eigenvalue weighted by Gasteiger charge is 2.23. The van der Waals surface area contributed by atoms with E-state index in [1.165, 1.54) is 0 Å². The normalized spacial score (nSPS) is 13.5. The van der Waals surface area contributed by atoms with Crippen molar-refractivity contribution in [3.05, 3.63) is 40.8 Å². The van der Waals surface area contributed by atoms with Crippen molar-refractivity contribution in [3.63, 3.8) is 0 Å². The van der Waals surface area contributed by atoms with Gasteiger partial charge in [0.15, 0.2) is 17.4 Å². The fraction of sp³-hybridized carbons (Fsp3) is 0.421. The van der Waals surface area contributed by atoms with E-state index in [9.17, 15) is 18.0 Å². The molecule has 7 nitrogen and oxygen atoms in total. The molecule has 2 heterocycles. The summed E-state index contributed by atoms with van der Waals surface area (Å²) in [5, 5.41) is 5.44. The fourth-order valence-electron chi connectivity index (χ4n) is 3.11. The average Bonchev–Trinajstić information content (AvgIpc) is 3.23. The molecule has 0 bridgehead atoms. The largest absolute Gasteiger partial charge is 0.491 e. The number of halogens is 3. The third kappa shape index (κ3) is 4.69. The van der Waals surface area contributed by atoms with E-state index in [-0.39, 0.29) is 13.1 Å². The molecule has 0 atom stereocenters. The van der Waals surface area contributed by atoms with Gasteiger partial charge in [-0.15, -0.1) is 0 Å². The van der Waals surface area contributed by atoms with Crippen molar-refractivity contribution in [2.75, 3.05) is 43.5 Å². The summed E-state index contributed by atoms with van der Waals surface area (Å²) in [7, 11) is 0.991. The number of rotatable bonds is 7. The molecule has 3 rings (SSSR count). The first kappa shape index (κ1) is 20.7. The highest BCUT2D eigenvalue weighted by atomic mass is 19.2. The second kappa shape index (κ2) is 8.97. The Morgan fingerprint density at radius 2 is 1.86 bits per heavy atom. The Balaban J connectivity index is 1.58. The molecule has 2 N–H and O–H groups in total. The zero-order chi connectivity index (χ0) is 21.0. The summed E-state index contributed by atoms with van der Waals surface area (Å²) in [4.78, 5) is 23.1. The number of aromatic nitrogens is 2. The monoisotopic (exact) mass is 409 g/mol. The average molecular weight is 409 g/mol. The quantitative estimate of drug-likeness (QED) is 0.541. The number of amides is 1. The maximum absolute atomic E-state index is 14.1. The minimum atomic E-state index is -1.48. The Labute approximate surface area is 166 Å². The SMILES string of the molecule is COc1c(F)c(F)cc(C(=O)NCCNc2nc(C)cc(N3CCCC3)n2)c1F. The minimum Gasteiger partial charge on any atom is -0.491 e. The van der Waals surface area contributed by atoms with Crippen LogP contribution in [0.5, 0.6) is 5.75 Å². The molecule has 0 radical (unpaired) electrons. The molecule has 1 aromatic heterocycles. The topological polar surface area (TPSA) is 79.4 Å². The fourth-order valence-corrected chi connectivity index (χ4v) is 3.11. The van der Waals surface area contributed by atoms with Crippen LogP contribution in [0.4, 0.5) is 24.9 Å². The predicted molar refractivity (Wildman–Crippen MR) is 102 cm³/mol. The van der Waals surface area contributed by atoms with Gasteiger partial charge in [0, 0.05) is 37.9 Å². The summed E-state index contributed by atoms with van der Waals surface area (Å²) in [6, 6.07) is 2.42. The molecular formula is C19H22F3N5O2. The van der Waals surface area contributed by atoms with Gasteiger partial charge in [0.2, 0.25) is 11.8 Å². The molecule has 0 unspecified atom stereocenters. The molecule has 2 aromatic rings. The molecule has 1 aliphatic rings. The van der Waals surface area contributed by atoms with E-state index >= 15 is 0 Å². The minimum absolute atomic E-state index is 0.0932. The zero-order valence-corrected chi connectivity index (χ0v) is 16.2. The Bertz CT molecular complexity index is 904. The number of hydrogen-bond donors (Lipinski definition) is 2. The summed E-state index contributed by atoms with van der Waals surface area (Å²) < 4.78 is 45.7. The van der Waals surface area contributed by atoms with Crippen molar-refractivity contribution in [2.45, 2.75) is 19.8 Å². The van der Waals surface area contributed by atoms with Gasteiger partial charge in [-0.05, 0) is 25.8 Å². The van der Waals surface area contributed by atoms with E-state index in [2.05, 4.69) is 30.2 Å². The van der Waals surface area contributed by atoms with Crippen LogP contribution in [0.3, 0.4) is 0 Å². The summed E-state index contributed by atoms with van der Waals surface area (Å²) in [5.74, 6) is -4.66. The van der Waals surface area contributed by atoms with Gasteiger partial charge in [0.25, 0.3) is 5.91 Å². The highest BCUT2D eigenvalue weighted by molar-refractivity contribution is 5.95. The maximum atomic E-state index is 14.1. The van der Waals surface area contributed by atoms with Crippen LogP contribution in [0.25, 0.3) is 0 Å². The standard InChI is InChI=1S/C19H22F3N5O2/c1-11-9-14(27-7-3-4-8-27)26-19(25-11)24-6-5-23-18(28)12-10-13(20)16(22)17(29-2)15(12)21/h9-10H,3-8H2,1-2H3,(H,23,28)(H,24,25,26).